The Kier molecular flexibility index (Phi) is 2.63. The summed E-state index contributed by atoms with van der Waals surface area (Å²) in [4.78, 5) is 0. The number of hydrogen-bond donors (Lipinski definition) is 0. The number of halogens is 4. The largest absolute Gasteiger partial charge is 0.417 e. The van der Waals surface area contributed by atoms with Crippen molar-refractivity contribution in [1.29, 1.82) is 0 Å². The number of hydrogen-bond acceptors (Lipinski definition) is 1. The zero-order chi connectivity index (χ0) is 11.8. The van der Waals surface area contributed by atoms with Crippen molar-refractivity contribution in [3.05, 3.63) is 47.2 Å². The number of benzene rings is 1. The standard InChI is InChI=1S/C10H6ClF3N2/c11-9-3-2-7(16-5-1-4-15-16)6-8(9)10(12,13)14/h1-6H. The van der Waals surface area contributed by atoms with Crippen LogP contribution in [0.1, 0.15) is 5.56 Å². The molecule has 0 aliphatic rings. The molecule has 1 aromatic heterocycles. The maximum Gasteiger partial charge on any atom is 0.417 e. The van der Waals surface area contributed by atoms with Crippen LogP contribution in [-0.4, -0.2) is 9.78 Å². The van der Waals surface area contributed by atoms with E-state index in [1.165, 1.54) is 23.0 Å². The van der Waals surface area contributed by atoms with E-state index in [9.17, 15) is 13.2 Å². The smallest absolute Gasteiger partial charge is 0.241 e. The number of aromatic nitrogens is 2. The molecule has 1 heterocycles. The lowest BCUT2D eigenvalue weighted by Crippen LogP contribution is -2.07. The predicted molar refractivity (Wildman–Crippen MR) is 53.6 cm³/mol. The lowest BCUT2D eigenvalue weighted by atomic mass is 10.2. The molecule has 0 saturated carbocycles. The van der Waals surface area contributed by atoms with E-state index in [-0.39, 0.29) is 5.02 Å². The Morgan fingerprint density at radius 2 is 2.00 bits per heavy atom. The molecule has 84 valence electrons. The molecule has 0 aliphatic heterocycles. The van der Waals surface area contributed by atoms with Crippen LogP contribution in [0.3, 0.4) is 0 Å². The van der Waals surface area contributed by atoms with Gasteiger partial charge in [-0.2, -0.15) is 18.3 Å². The van der Waals surface area contributed by atoms with Gasteiger partial charge in [-0.25, -0.2) is 4.68 Å². The molecule has 0 atom stereocenters. The summed E-state index contributed by atoms with van der Waals surface area (Å²) in [6, 6.07) is 5.28. The van der Waals surface area contributed by atoms with Crippen LogP contribution in [0.2, 0.25) is 5.02 Å². The maximum atomic E-state index is 12.6. The van der Waals surface area contributed by atoms with E-state index in [0.29, 0.717) is 5.69 Å². The molecule has 0 amide bonds. The second kappa shape index (κ2) is 3.83. The molecular weight excluding hydrogens is 241 g/mol. The third-order valence-electron chi connectivity index (χ3n) is 2.02. The van der Waals surface area contributed by atoms with Gasteiger partial charge in [-0.05, 0) is 24.3 Å². The number of alkyl halides is 3. The van der Waals surface area contributed by atoms with Gasteiger partial charge in [-0.1, -0.05) is 11.6 Å². The van der Waals surface area contributed by atoms with E-state index in [2.05, 4.69) is 5.10 Å². The van der Waals surface area contributed by atoms with E-state index in [1.807, 2.05) is 0 Å². The van der Waals surface area contributed by atoms with Crippen LogP contribution in [0.5, 0.6) is 0 Å². The van der Waals surface area contributed by atoms with E-state index >= 15 is 0 Å². The van der Waals surface area contributed by atoms with Crippen LogP contribution < -0.4 is 0 Å². The summed E-state index contributed by atoms with van der Waals surface area (Å²) in [5, 5.41) is 3.53. The first-order valence-corrected chi connectivity index (χ1v) is 4.73. The molecule has 0 bridgehead atoms. The Balaban J connectivity index is 2.52. The second-order valence-electron chi connectivity index (χ2n) is 3.11. The Morgan fingerprint density at radius 3 is 2.56 bits per heavy atom. The summed E-state index contributed by atoms with van der Waals surface area (Å²) in [7, 11) is 0. The first kappa shape index (κ1) is 11.0. The average Bonchev–Trinajstić information content (AvgIpc) is 2.69. The molecule has 0 spiro atoms. The van der Waals surface area contributed by atoms with E-state index in [4.69, 9.17) is 11.6 Å². The van der Waals surface area contributed by atoms with Crippen molar-refractivity contribution < 1.29 is 13.2 Å². The van der Waals surface area contributed by atoms with Crippen molar-refractivity contribution in [1.82, 2.24) is 9.78 Å². The normalized spacial score (nSPS) is 11.8. The summed E-state index contributed by atoms with van der Waals surface area (Å²) >= 11 is 5.49. The van der Waals surface area contributed by atoms with Crippen molar-refractivity contribution >= 4 is 11.6 Å². The number of nitrogens with zero attached hydrogens (tertiary/aromatic N) is 2. The zero-order valence-electron chi connectivity index (χ0n) is 7.87. The van der Waals surface area contributed by atoms with Crippen molar-refractivity contribution in [3.63, 3.8) is 0 Å². The molecule has 0 saturated heterocycles. The fourth-order valence-electron chi connectivity index (χ4n) is 1.29. The summed E-state index contributed by atoms with van der Waals surface area (Å²) < 4.78 is 39.0. The van der Waals surface area contributed by atoms with Gasteiger partial charge in [0, 0.05) is 12.4 Å². The van der Waals surface area contributed by atoms with Gasteiger partial charge in [0.15, 0.2) is 0 Å². The molecule has 0 unspecified atom stereocenters. The lowest BCUT2D eigenvalue weighted by molar-refractivity contribution is -0.137. The van der Waals surface area contributed by atoms with Crippen molar-refractivity contribution in [2.24, 2.45) is 0 Å². The molecule has 0 aliphatic carbocycles. The number of rotatable bonds is 1. The van der Waals surface area contributed by atoms with Crippen LogP contribution in [0.4, 0.5) is 13.2 Å². The molecule has 0 radical (unpaired) electrons. The molecule has 0 N–H and O–H groups in total. The summed E-state index contributed by atoms with van der Waals surface area (Å²) in [5.41, 5.74) is -0.538. The van der Waals surface area contributed by atoms with Crippen molar-refractivity contribution in [2.45, 2.75) is 6.18 Å². The van der Waals surface area contributed by atoms with Crippen LogP contribution in [0, 0.1) is 0 Å². The molecule has 1 aromatic carbocycles. The molecule has 6 heteroatoms. The first-order valence-electron chi connectivity index (χ1n) is 4.35. The van der Waals surface area contributed by atoms with Gasteiger partial charge in [-0.15, -0.1) is 0 Å². The minimum atomic E-state index is -4.46. The summed E-state index contributed by atoms with van der Waals surface area (Å²) in [5.74, 6) is 0. The third-order valence-corrected chi connectivity index (χ3v) is 2.35. The predicted octanol–water partition coefficient (Wildman–Crippen LogP) is 3.54. The highest BCUT2D eigenvalue weighted by Crippen LogP contribution is 2.35. The second-order valence-corrected chi connectivity index (χ2v) is 3.52. The Hall–Kier alpha value is -1.49. The average molecular weight is 247 g/mol. The topological polar surface area (TPSA) is 17.8 Å². The summed E-state index contributed by atoms with van der Waals surface area (Å²) in [6.45, 7) is 0. The Labute approximate surface area is 94.3 Å². The van der Waals surface area contributed by atoms with Crippen LogP contribution in [-0.2, 0) is 6.18 Å². The lowest BCUT2D eigenvalue weighted by Gasteiger charge is -2.10. The quantitative estimate of drug-likeness (QED) is 0.752. The summed E-state index contributed by atoms with van der Waals surface area (Å²) in [6.07, 6.45) is -1.41. The van der Waals surface area contributed by atoms with Crippen LogP contribution in [0.25, 0.3) is 5.69 Å². The molecule has 2 aromatic rings. The van der Waals surface area contributed by atoms with Crippen molar-refractivity contribution in [3.8, 4) is 5.69 Å². The molecule has 0 fully saturated rings. The first-order chi connectivity index (χ1) is 7.48. The SMILES string of the molecule is FC(F)(F)c1cc(-n2cccn2)ccc1Cl. The Morgan fingerprint density at radius 1 is 1.25 bits per heavy atom. The monoisotopic (exact) mass is 246 g/mol. The highest BCUT2D eigenvalue weighted by molar-refractivity contribution is 6.31. The molecule has 2 rings (SSSR count). The molecular formula is C10H6ClF3N2. The van der Waals surface area contributed by atoms with E-state index < -0.39 is 11.7 Å². The van der Waals surface area contributed by atoms with E-state index in [0.717, 1.165) is 6.07 Å². The zero-order valence-corrected chi connectivity index (χ0v) is 8.63. The van der Waals surface area contributed by atoms with Gasteiger partial charge in [0.1, 0.15) is 0 Å². The minimum absolute atomic E-state index is 0.316. The molecule has 16 heavy (non-hydrogen) atoms. The fourth-order valence-corrected chi connectivity index (χ4v) is 1.52. The fraction of sp³-hybridized carbons (Fsp3) is 0.100. The molecule has 2 nitrogen and oxygen atoms in total. The van der Waals surface area contributed by atoms with Crippen LogP contribution >= 0.6 is 11.6 Å². The van der Waals surface area contributed by atoms with Gasteiger partial charge < -0.3 is 0 Å². The van der Waals surface area contributed by atoms with Gasteiger partial charge in [0.25, 0.3) is 0 Å². The van der Waals surface area contributed by atoms with Gasteiger partial charge in [0.2, 0.25) is 0 Å². The van der Waals surface area contributed by atoms with E-state index in [1.54, 1.807) is 12.3 Å². The highest BCUT2D eigenvalue weighted by Gasteiger charge is 2.33. The highest BCUT2D eigenvalue weighted by atomic mass is 35.5. The maximum absolute atomic E-state index is 12.6. The van der Waals surface area contributed by atoms with Gasteiger partial charge in [-0.3, -0.25) is 0 Å². The van der Waals surface area contributed by atoms with Gasteiger partial charge >= 0.3 is 6.18 Å². The van der Waals surface area contributed by atoms with Crippen LogP contribution in [0.15, 0.2) is 36.7 Å². The third kappa shape index (κ3) is 2.04. The Bertz CT molecular complexity index is 491. The minimum Gasteiger partial charge on any atom is -0.241 e. The van der Waals surface area contributed by atoms with Gasteiger partial charge in [0.05, 0.1) is 16.3 Å². The van der Waals surface area contributed by atoms with Crippen molar-refractivity contribution in [2.75, 3.05) is 0 Å².